The topological polar surface area (TPSA) is 52.6 Å². The molecular formula is C21H36O4. The molecule has 2 fully saturated rings. The molecule has 2 aliphatic carbocycles. The smallest absolute Gasteiger partial charge is 0.309 e. The van der Waals surface area contributed by atoms with Gasteiger partial charge in [0.1, 0.15) is 0 Å². The van der Waals surface area contributed by atoms with Gasteiger partial charge in [-0.3, -0.25) is 9.59 Å². The number of carbonyl (C=O) groups is 2. The van der Waals surface area contributed by atoms with Gasteiger partial charge in [0.15, 0.2) is 0 Å². The molecule has 4 heteroatoms. The summed E-state index contributed by atoms with van der Waals surface area (Å²) in [6.45, 7) is 13.7. The maximum absolute atomic E-state index is 12.3. The third kappa shape index (κ3) is 4.20. The lowest BCUT2D eigenvalue weighted by molar-refractivity contribution is -0.154. The molecule has 4 nitrogen and oxygen atoms in total. The first-order valence-electron chi connectivity index (χ1n) is 9.91. The molecule has 0 aliphatic heterocycles. The lowest BCUT2D eigenvalue weighted by Gasteiger charge is -2.30. The van der Waals surface area contributed by atoms with Crippen LogP contribution < -0.4 is 0 Å². The molecule has 0 radical (unpaired) electrons. The summed E-state index contributed by atoms with van der Waals surface area (Å²) >= 11 is 0. The van der Waals surface area contributed by atoms with E-state index in [0.717, 1.165) is 25.7 Å². The first-order chi connectivity index (χ1) is 11.6. The van der Waals surface area contributed by atoms with Crippen LogP contribution in [0.15, 0.2) is 0 Å². The van der Waals surface area contributed by atoms with Crippen LogP contribution in [0.25, 0.3) is 0 Å². The number of carbonyl (C=O) groups excluding carboxylic acids is 2. The van der Waals surface area contributed by atoms with E-state index < -0.39 is 0 Å². The second kappa shape index (κ2) is 7.67. The SMILES string of the molecule is C[C@@H]1CC[C@H](C(=O)OCCCOC(=O)[C@H]2CC[C@@H](C)C2(C)C)C1(C)C. The van der Waals surface area contributed by atoms with Crippen LogP contribution in [-0.2, 0) is 19.1 Å². The summed E-state index contributed by atoms with van der Waals surface area (Å²) < 4.78 is 10.9. The highest BCUT2D eigenvalue weighted by Gasteiger charge is 2.46. The van der Waals surface area contributed by atoms with E-state index in [2.05, 4.69) is 41.5 Å². The number of esters is 2. The van der Waals surface area contributed by atoms with Crippen molar-refractivity contribution in [2.45, 2.75) is 73.6 Å². The fourth-order valence-corrected chi connectivity index (χ4v) is 4.46. The maximum Gasteiger partial charge on any atom is 0.309 e. The lowest BCUT2D eigenvalue weighted by atomic mass is 9.76. The van der Waals surface area contributed by atoms with Crippen molar-refractivity contribution in [3.05, 3.63) is 0 Å². The third-order valence-corrected chi connectivity index (χ3v) is 7.46. The summed E-state index contributed by atoms with van der Waals surface area (Å²) in [6, 6.07) is 0. The van der Waals surface area contributed by atoms with Gasteiger partial charge in [-0.2, -0.15) is 0 Å². The molecule has 2 rings (SSSR count). The quantitative estimate of drug-likeness (QED) is 0.517. The summed E-state index contributed by atoms with van der Waals surface area (Å²) in [6.07, 6.45) is 4.57. The summed E-state index contributed by atoms with van der Waals surface area (Å²) in [4.78, 5) is 24.6. The average Bonchev–Trinajstić information content (AvgIpc) is 2.95. The van der Waals surface area contributed by atoms with Crippen LogP contribution in [-0.4, -0.2) is 25.2 Å². The number of hydrogen-bond donors (Lipinski definition) is 0. The Morgan fingerprint density at radius 3 is 1.40 bits per heavy atom. The molecule has 0 aromatic carbocycles. The van der Waals surface area contributed by atoms with Crippen LogP contribution in [0.2, 0.25) is 0 Å². The van der Waals surface area contributed by atoms with Crippen molar-refractivity contribution in [1.29, 1.82) is 0 Å². The molecule has 0 aromatic rings. The largest absolute Gasteiger partial charge is 0.465 e. The molecule has 0 N–H and O–H groups in total. The normalized spacial score (nSPS) is 33.2. The van der Waals surface area contributed by atoms with E-state index in [-0.39, 0.29) is 34.6 Å². The van der Waals surface area contributed by atoms with Crippen molar-refractivity contribution in [1.82, 2.24) is 0 Å². The van der Waals surface area contributed by atoms with Crippen LogP contribution in [0.5, 0.6) is 0 Å². The van der Waals surface area contributed by atoms with Gasteiger partial charge < -0.3 is 9.47 Å². The van der Waals surface area contributed by atoms with E-state index >= 15 is 0 Å². The van der Waals surface area contributed by atoms with E-state index in [0.29, 0.717) is 31.5 Å². The second-order valence-electron chi connectivity index (χ2n) is 9.39. The van der Waals surface area contributed by atoms with Gasteiger partial charge in [-0.05, 0) is 48.3 Å². The molecule has 4 atom stereocenters. The second-order valence-corrected chi connectivity index (χ2v) is 9.39. The van der Waals surface area contributed by atoms with E-state index in [1.807, 2.05) is 0 Å². The number of ether oxygens (including phenoxy) is 2. The molecule has 0 bridgehead atoms. The minimum Gasteiger partial charge on any atom is -0.465 e. The number of rotatable bonds is 6. The molecule has 0 heterocycles. The first kappa shape index (κ1) is 20.3. The van der Waals surface area contributed by atoms with Crippen molar-refractivity contribution in [3.63, 3.8) is 0 Å². The Bertz CT molecular complexity index is 450. The molecule has 25 heavy (non-hydrogen) atoms. The minimum atomic E-state index is -0.0913. The molecule has 2 aliphatic rings. The predicted octanol–water partition coefficient (Wildman–Crippen LogP) is 4.61. The van der Waals surface area contributed by atoms with Gasteiger partial charge in [-0.15, -0.1) is 0 Å². The van der Waals surface area contributed by atoms with Crippen LogP contribution in [0.1, 0.15) is 73.6 Å². The monoisotopic (exact) mass is 352 g/mol. The van der Waals surface area contributed by atoms with E-state index in [4.69, 9.17) is 9.47 Å². The summed E-state index contributed by atoms with van der Waals surface area (Å²) in [5.41, 5.74) is 0.0165. The Balaban J connectivity index is 1.67. The fraction of sp³-hybridized carbons (Fsp3) is 0.905. The zero-order valence-electron chi connectivity index (χ0n) is 16.9. The zero-order chi connectivity index (χ0) is 18.8. The molecule has 0 saturated heterocycles. The Labute approximate surface area is 153 Å². The summed E-state index contributed by atoms with van der Waals surface area (Å²) in [5, 5.41) is 0. The molecule has 144 valence electrons. The molecular weight excluding hydrogens is 316 g/mol. The first-order valence-corrected chi connectivity index (χ1v) is 9.91. The predicted molar refractivity (Wildman–Crippen MR) is 97.9 cm³/mol. The van der Waals surface area contributed by atoms with E-state index in [1.165, 1.54) is 0 Å². The lowest BCUT2D eigenvalue weighted by Crippen LogP contribution is -2.32. The Hall–Kier alpha value is -1.06. The fourth-order valence-electron chi connectivity index (χ4n) is 4.46. The van der Waals surface area contributed by atoms with Crippen molar-refractivity contribution in [3.8, 4) is 0 Å². The molecule has 0 spiro atoms. The molecule has 2 saturated carbocycles. The van der Waals surface area contributed by atoms with Crippen LogP contribution in [0, 0.1) is 34.5 Å². The van der Waals surface area contributed by atoms with Gasteiger partial charge in [0.05, 0.1) is 25.0 Å². The van der Waals surface area contributed by atoms with Crippen molar-refractivity contribution >= 4 is 11.9 Å². The van der Waals surface area contributed by atoms with Crippen molar-refractivity contribution in [2.24, 2.45) is 34.5 Å². The molecule has 0 unspecified atom stereocenters. The Morgan fingerprint density at radius 2 is 1.12 bits per heavy atom. The van der Waals surface area contributed by atoms with Gasteiger partial charge in [0.2, 0.25) is 0 Å². The highest BCUT2D eigenvalue weighted by atomic mass is 16.5. The highest BCUT2D eigenvalue weighted by molar-refractivity contribution is 5.74. The van der Waals surface area contributed by atoms with Crippen molar-refractivity contribution in [2.75, 3.05) is 13.2 Å². The maximum atomic E-state index is 12.3. The standard InChI is InChI=1S/C21H36O4/c1-14-8-10-16(20(14,3)4)18(22)24-12-7-13-25-19(23)17-11-9-15(2)21(17,5)6/h14-17H,7-13H2,1-6H3/t14-,15-,16-,17-/m1/s1. The van der Waals surface area contributed by atoms with E-state index in [9.17, 15) is 9.59 Å². The van der Waals surface area contributed by atoms with Crippen LogP contribution in [0.4, 0.5) is 0 Å². The Morgan fingerprint density at radius 1 is 0.760 bits per heavy atom. The van der Waals surface area contributed by atoms with Crippen molar-refractivity contribution < 1.29 is 19.1 Å². The van der Waals surface area contributed by atoms with Crippen LogP contribution in [0.3, 0.4) is 0 Å². The van der Waals surface area contributed by atoms with Gasteiger partial charge in [0.25, 0.3) is 0 Å². The Kier molecular flexibility index (Phi) is 6.22. The third-order valence-electron chi connectivity index (χ3n) is 7.46. The van der Waals surface area contributed by atoms with Gasteiger partial charge in [-0.1, -0.05) is 41.5 Å². The van der Waals surface area contributed by atoms with Gasteiger partial charge >= 0.3 is 11.9 Å². The highest BCUT2D eigenvalue weighted by Crippen LogP contribution is 2.48. The average molecular weight is 353 g/mol. The van der Waals surface area contributed by atoms with E-state index in [1.54, 1.807) is 0 Å². The summed E-state index contributed by atoms with van der Waals surface area (Å²) in [5.74, 6) is 0.890. The van der Waals surface area contributed by atoms with Crippen LogP contribution >= 0.6 is 0 Å². The van der Waals surface area contributed by atoms with Gasteiger partial charge in [-0.25, -0.2) is 0 Å². The number of hydrogen-bond acceptors (Lipinski definition) is 4. The van der Waals surface area contributed by atoms with Gasteiger partial charge in [0, 0.05) is 6.42 Å². The molecule has 0 aromatic heterocycles. The zero-order valence-corrected chi connectivity index (χ0v) is 16.9. The summed E-state index contributed by atoms with van der Waals surface area (Å²) in [7, 11) is 0. The molecule has 0 amide bonds. The minimum absolute atomic E-state index is 0.00823.